The van der Waals surface area contributed by atoms with Crippen LogP contribution < -0.4 is 10.2 Å². The molecule has 1 aromatic rings. The van der Waals surface area contributed by atoms with Gasteiger partial charge in [-0.3, -0.25) is 4.90 Å². The summed E-state index contributed by atoms with van der Waals surface area (Å²) in [4.78, 5) is 13.4. The standard InChI is InChI=1S/C12H13FN2O2/c13-9-1-3-10(4-2-9)15-8-12(17-11(15)16)5-6-14-7-12/h1-4,14H,5-8H2/t12-/m0/s1. The van der Waals surface area contributed by atoms with Crippen LogP contribution in [-0.2, 0) is 4.74 Å². The predicted molar refractivity (Wildman–Crippen MR) is 60.4 cm³/mol. The van der Waals surface area contributed by atoms with Gasteiger partial charge in [-0.05, 0) is 30.8 Å². The second-order valence-electron chi connectivity index (χ2n) is 4.54. The molecule has 0 bridgehead atoms. The molecule has 2 saturated heterocycles. The Morgan fingerprint density at radius 1 is 1.35 bits per heavy atom. The summed E-state index contributed by atoms with van der Waals surface area (Å²) in [6.45, 7) is 2.09. The highest BCUT2D eigenvalue weighted by Gasteiger charge is 2.47. The molecular formula is C12H13FN2O2. The molecular weight excluding hydrogens is 223 g/mol. The van der Waals surface area contributed by atoms with Gasteiger partial charge < -0.3 is 10.1 Å². The van der Waals surface area contributed by atoms with Gasteiger partial charge in [-0.15, -0.1) is 0 Å². The molecule has 1 amide bonds. The lowest BCUT2D eigenvalue weighted by atomic mass is 10.0. The van der Waals surface area contributed by atoms with Gasteiger partial charge in [0.1, 0.15) is 11.4 Å². The van der Waals surface area contributed by atoms with Crippen LogP contribution >= 0.6 is 0 Å². The molecule has 4 nitrogen and oxygen atoms in total. The van der Waals surface area contributed by atoms with Crippen molar-refractivity contribution in [2.45, 2.75) is 12.0 Å². The first-order valence-corrected chi connectivity index (χ1v) is 5.65. The zero-order valence-electron chi connectivity index (χ0n) is 9.28. The number of anilines is 1. The Hall–Kier alpha value is -1.62. The van der Waals surface area contributed by atoms with Crippen molar-refractivity contribution >= 4 is 11.8 Å². The van der Waals surface area contributed by atoms with Crippen LogP contribution in [0.2, 0.25) is 0 Å². The van der Waals surface area contributed by atoms with Crippen molar-refractivity contribution in [2.75, 3.05) is 24.5 Å². The SMILES string of the molecule is O=C1O[C@]2(CCNC2)CN1c1ccc(F)cc1. The number of nitrogens with zero attached hydrogens (tertiary/aromatic N) is 1. The van der Waals surface area contributed by atoms with Crippen LogP contribution in [0.25, 0.3) is 0 Å². The molecule has 0 saturated carbocycles. The first-order valence-electron chi connectivity index (χ1n) is 5.65. The zero-order chi connectivity index (χ0) is 11.9. The third-order valence-electron chi connectivity index (χ3n) is 3.31. The minimum atomic E-state index is -0.397. The lowest BCUT2D eigenvalue weighted by molar-refractivity contribution is 0.0733. The van der Waals surface area contributed by atoms with Gasteiger partial charge in [0, 0.05) is 18.7 Å². The van der Waals surface area contributed by atoms with Gasteiger partial charge in [-0.25, -0.2) is 9.18 Å². The lowest BCUT2D eigenvalue weighted by Crippen LogP contribution is -2.36. The molecule has 1 aromatic carbocycles. The fourth-order valence-electron chi connectivity index (χ4n) is 2.39. The summed E-state index contributed by atoms with van der Waals surface area (Å²) in [5.74, 6) is -0.307. The number of amides is 1. The number of halogens is 1. The Kier molecular flexibility index (Phi) is 2.29. The number of carbonyl (C=O) groups is 1. The molecule has 90 valence electrons. The van der Waals surface area contributed by atoms with E-state index in [9.17, 15) is 9.18 Å². The summed E-state index contributed by atoms with van der Waals surface area (Å²) in [6.07, 6.45) is 0.483. The lowest BCUT2D eigenvalue weighted by Gasteiger charge is -2.19. The molecule has 3 rings (SSSR count). The van der Waals surface area contributed by atoms with E-state index in [0.29, 0.717) is 18.8 Å². The van der Waals surface area contributed by atoms with Crippen LogP contribution in [0.4, 0.5) is 14.9 Å². The highest BCUT2D eigenvalue weighted by Crippen LogP contribution is 2.31. The maximum Gasteiger partial charge on any atom is 0.415 e. The van der Waals surface area contributed by atoms with Gasteiger partial charge in [0.2, 0.25) is 0 Å². The number of nitrogens with one attached hydrogen (secondary N) is 1. The van der Waals surface area contributed by atoms with Gasteiger partial charge in [-0.1, -0.05) is 0 Å². The van der Waals surface area contributed by atoms with Gasteiger partial charge in [0.15, 0.2) is 0 Å². The number of rotatable bonds is 1. The van der Waals surface area contributed by atoms with Crippen molar-refractivity contribution in [3.63, 3.8) is 0 Å². The van der Waals surface area contributed by atoms with Crippen molar-refractivity contribution in [3.05, 3.63) is 30.1 Å². The molecule has 1 N–H and O–H groups in total. The first kappa shape index (κ1) is 10.5. The van der Waals surface area contributed by atoms with Crippen LogP contribution in [0.3, 0.4) is 0 Å². The summed E-state index contributed by atoms with van der Waals surface area (Å²) in [6, 6.07) is 5.89. The minimum Gasteiger partial charge on any atom is -0.439 e. The average molecular weight is 236 g/mol. The number of hydrogen-bond acceptors (Lipinski definition) is 3. The molecule has 0 radical (unpaired) electrons. The van der Waals surface area contributed by atoms with Crippen LogP contribution in [0.5, 0.6) is 0 Å². The normalized spacial score (nSPS) is 27.8. The average Bonchev–Trinajstić information content (AvgIpc) is 2.88. The quantitative estimate of drug-likeness (QED) is 0.803. The van der Waals surface area contributed by atoms with Crippen LogP contribution in [0.15, 0.2) is 24.3 Å². The molecule has 0 aromatic heterocycles. The van der Waals surface area contributed by atoms with Crippen molar-refractivity contribution in [2.24, 2.45) is 0 Å². The van der Waals surface area contributed by atoms with Crippen molar-refractivity contribution in [3.8, 4) is 0 Å². The highest BCUT2D eigenvalue weighted by atomic mass is 19.1. The number of benzene rings is 1. The summed E-state index contributed by atoms with van der Waals surface area (Å²) in [5, 5.41) is 3.19. The van der Waals surface area contributed by atoms with E-state index in [1.165, 1.54) is 12.1 Å². The molecule has 2 aliphatic rings. The molecule has 5 heteroatoms. The Labute approximate surface area is 98.4 Å². The van der Waals surface area contributed by atoms with E-state index in [-0.39, 0.29) is 11.9 Å². The Bertz CT molecular complexity index is 440. The largest absolute Gasteiger partial charge is 0.439 e. The van der Waals surface area contributed by atoms with E-state index in [2.05, 4.69) is 5.32 Å². The second kappa shape index (κ2) is 3.70. The van der Waals surface area contributed by atoms with E-state index in [1.807, 2.05) is 0 Å². The number of hydrogen-bond donors (Lipinski definition) is 1. The van der Waals surface area contributed by atoms with Gasteiger partial charge in [0.05, 0.1) is 6.54 Å². The third kappa shape index (κ3) is 1.76. The third-order valence-corrected chi connectivity index (χ3v) is 3.31. The first-order chi connectivity index (χ1) is 8.19. The van der Waals surface area contributed by atoms with E-state index in [4.69, 9.17) is 4.74 Å². The number of carbonyl (C=O) groups excluding carboxylic acids is 1. The maximum absolute atomic E-state index is 12.8. The molecule has 2 fully saturated rings. The predicted octanol–water partition coefficient (Wildman–Crippen LogP) is 1.51. The van der Waals surface area contributed by atoms with Crippen LogP contribution in [-0.4, -0.2) is 31.3 Å². The van der Waals surface area contributed by atoms with Crippen molar-refractivity contribution in [1.29, 1.82) is 0 Å². The summed E-state index contributed by atoms with van der Waals surface area (Å²) in [7, 11) is 0. The molecule has 17 heavy (non-hydrogen) atoms. The molecule has 2 heterocycles. The van der Waals surface area contributed by atoms with E-state index in [0.717, 1.165) is 13.0 Å². The van der Waals surface area contributed by atoms with Crippen LogP contribution in [0, 0.1) is 5.82 Å². The summed E-state index contributed by atoms with van der Waals surface area (Å²) in [5.41, 5.74) is 0.283. The van der Waals surface area contributed by atoms with Crippen molar-refractivity contribution < 1.29 is 13.9 Å². The Morgan fingerprint density at radius 2 is 2.12 bits per heavy atom. The van der Waals surface area contributed by atoms with Crippen LogP contribution in [0.1, 0.15) is 6.42 Å². The fraction of sp³-hybridized carbons (Fsp3) is 0.417. The van der Waals surface area contributed by atoms with Gasteiger partial charge in [-0.2, -0.15) is 0 Å². The Morgan fingerprint density at radius 3 is 2.76 bits per heavy atom. The Balaban J connectivity index is 1.85. The molecule has 1 atom stereocenters. The summed E-state index contributed by atoms with van der Waals surface area (Å²) >= 11 is 0. The van der Waals surface area contributed by atoms with Crippen molar-refractivity contribution in [1.82, 2.24) is 5.32 Å². The number of ether oxygens (including phenoxy) is 1. The molecule has 0 aliphatic carbocycles. The molecule has 2 aliphatic heterocycles. The highest BCUT2D eigenvalue weighted by molar-refractivity contribution is 5.90. The maximum atomic E-state index is 12.8. The van der Waals surface area contributed by atoms with Gasteiger partial charge >= 0.3 is 6.09 Å². The summed E-state index contributed by atoms with van der Waals surface area (Å²) < 4.78 is 18.3. The fourth-order valence-corrected chi connectivity index (χ4v) is 2.39. The minimum absolute atomic E-state index is 0.307. The van der Waals surface area contributed by atoms with E-state index in [1.54, 1.807) is 17.0 Å². The zero-order valence-corrected chi connectivity index (χ0v) is 9.28. The second-order valence-corrected chi connectivity index (χ2v) is 4.54. The molecule has 1 spiro atoms. The van der Waals surface area contributed by atoms with Gasteiger partial charge in [0.25, 0.3) is 0 Å². The topological polar surface area (TPSA) is 41.6 Å². The monoisotopic (exact) mass is 236 g/mol. The smallest absolute Gasteiger partial charge is 0.415 e. The van der Waals surface area contributed by atoms with E-state index < -0.39 is 5.60 Å². The molecule has 0 unspecified atom stereocenters. The van der Waals surface area contributed by atoms with E-state index >= 15 is 0 Å².